The number of thiazole rings is 1. The Morgan fingerprint density at radius 2 is 1.71 bits per heavy atom. The molecule has 1 aliphatic heterocycles. The fourth-order valence-corrected chi connectivity index (χ4v) is 5.63. The van der Waals surface area contributed by atoms with Crippen molar-refractivity contribution in [1.82, 2.24) is 4.57 Å². The minimum atomic E-state index is -0.688. The maximum absolute atomic E-state index is 13.9. The Morgan fingerprint density at radius 1 is 1.03 bits per heavy atom. The first-order valence-corrected chi connectivity index (χ1v) is 13.6. The zero-order valence-electron chi connectivity index (χ0n) is 21.6. The molecule has 0 radical (unpaired) electrons. The van der Waals surface area contributed by atoms with Crippen molar-refractivity contribution in [2.75, 3.05) is 24.6 Å². The zero-order chi connectivity index (χ0) is 26.6. The molecule has 194 valence electrons. The van der Waals surface area contributed by atoms with Crippen LogP contribution in [0.1, 0.15) is 43.7 Å². The van der Waals surface area contributed by atoms with Crippen LogP contribution in [-0.4, -0.2) is 30.2 Å². The summed E-state index contributed by atoms with van der Waals surface area (Å²) in [5.41, 5.74) is 2.19. The quantitative estimate of drug-likeness (QED) is 0.318. The Labute approximate surface area is 224 Å². The predicted molar refractivity (Wildman–Crippen MR) is 150 cm³/mol. The molecule has 0 unspecified atom stereocenters. The highest BCUT2D eigenvalue weighted by Crippen LogP contribution is 2.35. The van der Waals surface area contributed by atoms with E-state index in [4.69, 9.17) is 14.1 Å². The van der Waals surface area contributed by atoms with Crippen molar-refractivity contribution in [3.05, 3.63) is 115 Å². The molecule has 0 saturated heterocycles. The summed E-state index contributed by atoms with van der Waals surface area (Å²) in [6.45, 7) is 7.76. The fourth-order valence-electron chi connectivity index (χ4n) is 4.65. The Morgan fingerprint density at radius 3 is 2.37 bits per heavy atom. The SMILES string of the molecule is CCOC(=O)C1=C(c2ccccc2)N=c2sc(=Cc3ccc(N(CC)CC)o3)c(=O)n2[C@H]1c1ccccc1. The molecule has 0 amide bonds. The van der Waals surface area contributed by atoms with Crippen molar-refractivity contribution in [1.29, 1.82) is 0 Å². The number of carbonyl (C=O) groups excluding carboxylic acids is 1. The number of benzene rings is 2. The normalized spacial score (nSPS) is 15.2. The van der Waals surface area contributed by atoms with Crippen LogP contribution in [0.25, 0.3) is 11.8 Å². The standard InChI is InChI=1S/C30H29N3O4S/c1-4-32(5-2)24-18-17-22(37-24)19-23-28(34)33-27(21-15-11-8-12-16-21)25(29(35)36-6-3)26(31-30(33)38-23)20-13-9-7-10-14-20/h7-19,27H,4-6H2,1-3H3/t27-/m0/s1. The van der Waals surface area contributed by atoms with Crippen LogP contribution in [0.5, 0.6) is 0 Å². The third-order valence-corrected chi connectivity index (χ3v) is 7.43. The number of nitrogens with zero attached hydrogens (tertiary/aromatic N) is 3. The molecular weight excluding hydrogens is 498 g/mol. The van der Waals surface area contributed by atoms with Crippen molar-refractivity contribution >= 4 is 35.0 Å². The van der Waals surface area contributed by atoms with Gasteiger partial charge in [0.2, 0.25) is 0 Å². The molecule has 0 saturated carbocycles. The number of rotatable bonds is 8. The van der Waals surface area contributed by atoms with E-state index in [9.17, 15) is 9.59 Å². The van der Waals surface area contributed by atoms with E-state index in [0.717, 1.165) is 30.1 Å². The highest BCUT2D eigenvalue weighted by molar-refractivity contribution is 7.07. The number of furan rings is 1. The van der Waals surface area contributed by atoms with Crippen LogP contribution in [0, 0.1) is 0 Å². The van der Waals surface area contributed by atoms with E-state index in [1.54, 1.807) is 17.6 Å². The van der Waals surface area contributed by atoms with Gasteiger partial charge in [0.25, 0.3) is 5.56 Å². The Balaban J connectivity index is 1.75. The van der Waals surface area contributed by atoms with Crippen molar-refractivity contribution < 1.29 is 13.9 Å². The second kappa shape index (κ2) is 11.1. The number of hydrogen-bond donors (Lipinski definition) is 0. The lowest BCUT2D eigenvalue weighted by Crippen LogP contribution is -2.39. The molecule has 7 nitrogen and oxygen atoms in total. The molecular formula is C30H29N3O4S. The number of hydrogen-bond acceptors (Lipinski definition) is 7. The van der Waals surface area contributed by atoms with Crippen molar-refractivity contribution in [2.45, 2.75) is 26.8 Å². The Hall–Kier alpha value is -4.17. The van der Waals surface area contributed by atoms with E-state index < -0.39 is 12.0 Å². The molecule has 1 atom stereocenters. The number of ether oxygens (including phenoxy) is 1. The maximum Gasteiger partial charge on any atom is 0.338 e. The largest absolute Gasteiger partial charge is 0.463 e. The number of anilines is 1. The number of carbonyl (C=O) groups is 1. The lowest BCUT2D eigenvalue weighted by molar-refractivity contribution is -0.138. The molecule has 3 heterocycles. The highest BCUT2D eigenvalue weighted by Gasteiger charge is 2.35. The van der Waals surface area contributed by atoms with Gasteiger partial charge >= 0.3 is 5.97 Å². The van der Waals surface area contributed by atoms with E-state index in [1.807, 2.05) is 72.8 Å². The van der Waals surface area contributed by atoms with Crippen LogP contribution in [0.3, 0.4) is 0 Å². The molecule has 0 bridgehead atoms. The number of fused-ring (bicyclic) bond motifs is 1. The van der Waals surface area contributed by atoms with Gasteiger partial charge in [0.1, 0.15) is 5.76 Å². The smallest absolute Gasteiger partial charge is 0.338 e. The molecule has 5 rings (SSSR count). The van der Waals surface area contributed by atoms with Gasteiger partial charge in [0, 0.05) is 30.8 Å². The van der Waals surface area contributed by atoms with E-state index in [0.29, 0.717) is 26.4 Å². The summed E-state index contributed by atoms with van der Waals surface area (Å²) in [6, 6.07) is 22.1. The van der Waals surface area contributed by atoms with Crippen molar-refractivity contribution in [2.24, 2.45) is 4.99 Å². The van der Waals surface area contributed by atoms with Crippen molar-refractivity contribution in [3.63, 3.8) is 0 Å². The molecule has 1 aliphatic rings. The molecule has 38 heavy (non-hydrogen) atoms. The topological polar surface area (TPSA) is 77.0 Å². The highest BCUT2D eigenvalue weighted by atomic mass is 32.1. The average Bonchev–Trinajstić information content (AvgIpc) is 3.53. The van der Waals surface area contributed by atoms with Crippen LogP contribution < -0.4 is 19.8 Å². The third kappa shape index (κ3) is 4.75. The van der Waals surface area contributed by atoms with Gasteiger partial charge in [-0.2, -0.15) is 0 Å². The first-order valence-electron chi connectivity index (χ1n) is 12.7. The molecule has 0 spiro atoms. The van der Waals surface area contributed by atoms with Crippen LogP contribution in [-0.2, 0) is 9.53 Å². The fraction of sp³-hybridized carbons (Fsp3) is 0.233. The summed E-state index contributed by atoms with van der Waals surface area (Å²) < 4.78 is 13.6. The summed E-state index contributed by atoms with van der Waals surface area (Å²) >= 11 is 1.28. The van der Waals surface area contributed by atoms with Crippen LogP contribution in [0.4, 0.5) is 5.88 Å². The summed E-state index contributed by atoms with van der Waals surface area (Å²) in [4.78, 5) is 34.8. The summed E-state index contributed by atoms with van der Waals surface area (Å²) in [6.07, 6.45) is 1.75. The predicted octanol–water partition coefficient (Wildman–Crippen LogP) is 4.37. The molecule has 0 fully saturated rings. The lowest BCUT2D eigenvalue weighted by Gasteiger charge is -2.25. The van der Waals surface area contributed by atoms with Gasteiger partial charge in [-0.15, -0.1) is 0 Å². The van der Waals surface area contributed by atoms with E-state index >= 15 is 0 Å². The first kappa shape index (κ1) is 25.5. The average molecular weight is 528 g/mol. The van der Waals surface area contributed by atoms with Gasteiger partial charge in [-0.05, 0) is 32.4 Å². The molecule has 0 N–H and O–H groups in total. The van der Waals surface area contributed by atoms with Gasteiger partial charge in [0.15, 0.2) is 10.7 Å². The van der Waals surface area contributed by atoms with Gasteiger partial charge in [-0.1, -0.05) is 72.0 Å². The molecule has 2 aromatic heterocycles. The van der Waals surface area contributed by atoms with E-state index in [-0.39, 0.29) is 12.2 Å². The van der Waals surface area contributed by atoms with Gasteiger partial charge in [-0.3, -0.25) is 9.36 Å². The Bertz CT molecular complexity index is 1640. The first-order chi connectivity index (χ1) is 18.5. The molecule has 2 aromatic carbocycles. The maximum atomic E-state index is 13.9. The van der Waals surface area contributed by atoms with Crippen LogP contribution in [0.2, 0.25) is 0 Å². The Kier molecular flexibility index (Phi) is 7.42. The summed E-state index contributed by atoms with van der Waals surface area (Å²) in [5, 5.41) is 0. The summed E-state index contributed by atoms with van der Waals surface area (Å²) in [7, 11) is 0. The zero-order valence-corrected chi connectivity index (χ0v) is 22.4. The second-order valence-corrected chi connectivity index (χ2v) is 9.70. The lowest BCUT2D eigenvalue weighted by atomic mass is 9.93. The minimum absolute atomic E-state index is 0.212. The molecule has 8 heteroatoms. The molecule has 0 aliphatic carbocycles. The number of aromatic nitrogens is 1. The van der Waals surface area contributed by atoms with Crippen molar-refractivity contribution in [3.8, 4) is 0 Å². The summed E-state index contributed by atoms with van der Waals surface area (Å²) in [5.74, 6) is 0.849. The van der Waals surface area contributed by atoms with E-state index in [2.05, 4.69) is 18.7 Å². The second-order valence-electron chi connectivity index (χ2n) is 8.69. The monoisotopic (exact) mass is 527 g/mol. The van der Waals surface area contributed by atoms with E-state index in [1.165, 1.54) is 11.3 Å². The van der Waals surface area contributed by atoms with Gasteiger partial charge < -0.3 is 14.1 Å². The minimum Gasteiger partial charge on any atom is -0.463 e. The van der Waals surface area contributed by atoms with Gasteiger partial charge in [-0.25, -0.2) is 9.79 Å². The number of esters is 1. The molecule has 4 aromatic rings. The third-order valence-electron chi connectivity index (χ3n) is 6.45. The van der Waals surface area contributed by atoms with Crippen LogP contribution >= 0.6 is 11.3 Å². The van der Waals surface area contributed by atoms with Gasteiger partial charge in [0.05, 0.1) is 28.5 Å². The van der Waals surface area contributed by atoms with Crippen LogP contribution in [0.15, 0.2) is 92.6 Å².